The second kappa shape index (κ2) is 8.58. The number of benzene rings is 1. The zero-order valence-corrected chi connectivity index (χ0v) is 16.7. The summed E-state index contributed by atoms with van der Waals surface area (Å²) in [4.78, 5) is 14.2. The molecule has 0 radical (unpaired) electrons. The number of likely N-dealkylation sites (N-methyl/N-ethyl adjacent to an activating group) is 1. The number of carbonyl (C=O) groups excluding carboxylic acids is 1. The summed E-state index contributed by atoms with van der Waals surface area (Å²) < 4.78 is 11.5. The standard InChI is InChI=1S/C18H26Cl2N2O3/c1-18(2,3)25-17(23)22-7-8-24-16(10-21-4)13(11-22)12-5-6-14(19)15(20)9-12/h5-6,9,13,16,21H,7-8,10-11H2,1-4H3. The largest absolute Gasteiger partial charge is 0.444 e. The van der Waals surface area contributed by atoms with Crippen molar-refractivity contribution in [1.82, 2.24) is 10.2 Å². The van der Waals surface area contributed by atoms with Crippen LogP contribution in [-0.4, -0.2) is 56.0 Å². The number of amides is 1. The highest BCUT2D eigenvalue weighted by molar-refractivity contribution is 6.42. The van der Waals surface area contributed by atoms with Crippen molar-refractivity contribution >= 4 is 29.3 Å². The Labute approximate surface area is 159 Å². The highest BCUT2D eigenvalue weighted by Gasteiger charge is 2.33. The maximum Gasteiger partial charge on any atom is 0.410 e. The molecule has 1 amide bonds. The second-order valence-electron chi connectivity index (χ2n) is 7.17. The Morgan fingerprint density at radius 2 is 2.08 bits per heavy atom. The van der Waals surface area contributed by atoms with Crippen molar-refractivity contribution in [2.45, 2.75) is 38.4 Å². The Kier molecular flexibility index (Phi) is 6.97. The van der Waals surface area contributed by atoms with Crippen LogP contribution in [0.1, 0.15) is 32.3 Å². The Hall–Kier alpha value is -1.01. The fourth-order valence-electron chi connectivity index (χ4n) is 2.83. The van der Waals surface area contributed by atoms with Gasteiger partial charge in [-0.1, -0.05) is 29.3 Å². The molecule has 25 heavy (non-hydrogen) atoms. The van der Waals surface area contributed by atoms with E-state index < -0.39 is 5.60 Å². The number of ether oxygens (including phenoxy) is 2. The van der Waals surface area contributed by atoms with Crippen molar-refractivity contribution in [2.24, 2.45) is 0 Å². The minimum absolute atomic E-state index is 0.0303. The van der Waals surface area contributed by atoms with Crippen LogP contribution in [0.25, 0.3) is 0 Å². The molecule has 0 bridgehead atoms. The summed E-state index contributed by atoms with van der Waals surface area (Å²) in [6.45, 7) is 7.71. The molecule has 1 aromatic carbocycles. The highest BCUT2D eigenvalue weighted by atomic mass is 35.5. The Bertz CT molecular complexity index is 604. The van der Waals surface area contributed by atoms with E-state index in [-0.39, 0.29) is 18.1 Å². The minimum atomic E-state index is -0.534. The lowest BCUT2D eigenvalue weighted by atomic mass is 9.92. The van der Waals surface area contributed by atoms with Gasteiger partial charge in [0.2, 0.25) is 0 Å². The smallest absolute Gasteiger partial charge is 0.410 e. The molecule has 2 unspecified atom stereocenters. The predicted octanol–water partition coefficient (Wildman–Crippen LogP) is 3.93. The highest BCUT2D eigenvalue weighted by Crippen LogP contribution is 2.31. The molecule has 1 heterocycles. The van der Waals surface area contributed by atoms with Crippen LogP contribution in [0.4, 0.5) is 4.79 Å². The number of nitrogens with one attached hydrogen (secondary N) is 1. The molecule has 2 atom stereocenters. The van der Waals surface area contributed by atoms with E-state index in [4.69, 9.17) is 32.7 Å². The Balaban J connectivity index is 2.26. The maximum absolute atomic E-state index is 12.5. The number of rotatable bonds is 3. The van der Waals surface area contributed by atoms with Gasteiger partial charge in [-0.25, -0.2) is 4.79 Å². The summed E-state index contributed by atoms with van der Waals surface area (Å²) in [5.41, 5.74) is 0.457. The molecule has 1 aliphatic heterocycles. The first-order valence-electron chi connectivity index (χ1n) is 8.40. The first-order valence-corrected chi connectivity index (χ1v) is 9.16. The van der Waals surface area contributed by atoms with Gasteiger partial charge in [0, 0.05) is 25.6 Å². The van der Waals surface area contributed by atoms with E-state index >= 15 is 0 Å². The van der Waals surface area contributed by atoms with Gasteiger partial charge in [0.15, 0.2) is 0 Å². The maximum atomic E-state index is 12.5. The third-order valence-electron chi connectivity index (χ3n) is 3.99. The molecule has 1 N–H and O–H groups in total. The van der Waals surface area contributed by atoms with Crippen LogP contribution in [-0.2, 0) is 9.47 Å². The predicted molar refractivity (Wildman–Crippen MR) is 101 cm³/mol. The zero-order valence-electron chi connectivity index (χ0n) is 15.1. The van der Waals surface area contributed by atoms with Crippen LogP contribution in [0, 0.1) is 0 Å². The van der Waals surface area contributed by atoms with Crippen LogP contribution in [0.3, 0.4) is 0 Å². The second-order valence-corrected chi connectivity index (χ2v) is 7.99. The lowest BCUT2D eigenvalue weighted by Crippen LogP contribution is -2.41. The SMILES string of the molecule is CNCC1OCCN(C(=O)OC(C)(C)C)CC1c1ccc(Cl)c(Cl)c1. The van der Waals surface area contributed by atoms with Gasteiger partial charge in [0.1, 0.15) is 5.60 Å². The quantitative estimate of drug-likeness (QED) is 0.851. The molecule has 1 aromatic rings. The van der Waals surface area contributed by atoms with Crippen molar-refractivity contribution < 1.29 is 14.3 Å². The topological polar surface area (TPSA) is 50.8 Å². The Morgan fingerprint density at radius 3 is 2.68 bits per heavy atom. The monoisotopic (exact) mass is 388 g/mol. The average Bonchev–Trinajstić information content (AvgIpc) is 2.72. The number of nitrogens with zero attached hydrogens (tertiary/aromatic N) is 1. The van der Waals surface area contributed by atoms with E-state index in [0.29, 0.717) is 36.3 Å². The zero-order chi connectivity index (χ0) is 18.6. The lowest BCUT2D eigenvalue weighted by Gasteiger charge is -2.30. The van der Waals surface area contributed by atoms with E-state index in [2.05, 4.69) is 5.32 Å². The number of hydrogen-bond donors (Lipinski definition) is 1. The molecule has 140 valence electrons. The summed E-state index contributed by atoms with van der Waals surface area (Å²) in [6, 6.07) is 5.56. The first-order chi connectivity index (χ1) is 11.7. The number of carbonyl (C=O) groups is 1. The molecular formula is C18H26Cl2N2O3. The molecule has 5 nitrogen and oxygen atoms in total. The summed E-state index contributed by atoms with van der Waals surface area (Å²) in [7, 11) is 1.88. The summed E-state index contributed by atoms with van der Waals surface area (Å²) in [5.74, 6) is -0.0303. The van der Waals surface area contributed by atoms with Gasteiger partial charge in [-0.2, -0.15) is 0 Å². The molecule has 0 saturated carbocycles. The molecule has 0 aromatic heterocycles. The van der Waals surface area contributed by atoms with Crippen LogP contribution in [0.2, 0.25) is 10.0 Å². The molecule has 7 heteroatoms. The fraction of sp³-hybridized carbons (Fsp3) is 0.611. The van der Waals surface area contributed by atoms with Crippen LogP contribution < -0.4 is 5.32 Å². The van der Waals surface area contributed by atoms with Crippen molar-refractivity contribution in [3.05, 3.63) is 33.8 Å². The fourth-order valence-corrected chi connectivity index (χ4v) is 3.14. The first kappa shape index (κ1) is 20.3. The van der Waals surface area contributed by atoms with E-state index in [1.165, 1.54) is 0 Å². The lowest BCUT2D eigenvalue weighted by molar-refractivity contribution is 0.0232. The molecule has 1 saturated heterocycles. The number of halogens is 2. The van der Waals surface area contributed by atoms with Gasteiger partial charge in [0.25, 0.3) is 0 Å². The van der Waals surface area contributed by atoms with Gasteiger partial charge in [-0.15, -0.1) is 0 Å². The van der Waals surface area contributed by atoms with Gasteiger partial charge in [-0.3, -0.25) is 0 Å². The van der Waals surface area contributed by atoms with Gasteiger partial charge < -0.3 is 19.7 Å². The summed E-state index contributed by atoms with van der Waals surface area (Å²) in [6.07, 6.45) is -0.402. The van der Waals surface area contributed by atoms with Crippen LogP contribution >= 0.6 is 23.2 Å². The molecular weight excluding hydrogens is 363 g/mol. The molecule has 1 fully saturated rings. The van der Waals surface area contributed by atoms with E-state index in [9.17, 15) is 4.79 Å². The number of hydrogen-bond acceptors (Lipinski definition) is 4. The normalized spacial score (nSPS) is 21.8. The minimum Gasteiger partial charge on any atom is -0.444 e. The summed E-state index contributed by atoms with van der Waals surface area (Å²) >= 11 is 12.2. The van der Waals surface area contributed by atoms with Crippen molar-refractivity contribution in [3.63, 3.8) is 0 Å². The third-order valence-corrected chi connectivity index (χ3v) is 4.73. The van der Waals surface area contributed by atoms with Crippen molar-refractivity contribution in [3.8, 4) is 0 Å². The van der Waals surface area contributed by atoms with Crippen LogP contribution in [0.5, 0.6) is 0 Å². The van der Waals surface area contributed by atoms with Gasteiger partial charge in [-0.05, 0) is 45.5 Å². The molecule has 1 aliphatic rings. The molecule has 0 spiro atoms. The average molecular weight is 389 g/mol. The Morgan fingerprint density at radius 1 is 1.36 bits per heavy atom. The van der Waals surface area contributed by atoms with Gasteiger partial charge in [0.05, 0.1) is 22.8 Å². The van der Waals surface area contributed by atoms with E-state index in [1.807, 2.05) is 40.0 Å². The third kappa shape index (κ3) is 5.74. The summed E-state index contributed by atoms with van der Waals surface area (Å²) in [5, 5.41) is 4.16. The van der Waals surface area contributed by atoms with E-state index in [0.717, 1.165) is 5.56 Å². The molecule has 0 aliphatic carbocycles. The van der Waals surface area contributed by atoms with Gasteiger partial charge >= 0.3 is 6.09 Å². The van der Waals surface area contributed by atoms with Crippen LogP contribution in [0.15, 0.2) is 18.2 Å². The van der Waals surface area contributed by atoms with Crippen molar-refractivity contribution in [2.75, 3.05) is 33.3 Å². The van der Waals surface area contributed by atoms with E-state index in [1.54, 1.807) is 11.0 Å². The van der Waals surface area contributed by atoms with Crippen molar-refractivity contribution in [1.29, 1.82) is 0 Å². The molecule has 2 rings (SSSR count).